The number of hydrogen-bond donors (Lipinski definition) is 1. The summed E-state index contributed by atoms with van der Waals surface area (Å²) in [6.07, 6.45) is 42.7. The Morgan fingerprint density at radius 2 is 1.06 bits per heavy atom. The van der Waals surface area contributed by atoms with Gasteiger partial charge >= 0.3 is 19.8 Å². The van der Waals surface area contributed by atoms with E-state index in [0.29, 0.717) is 17.4 Å². The average molecular weight is 781 g/mol. The average Bonchev–Trinajstić information content (AvgIpc) is 3.12. The summed E-state index contributed by atoms with van der Waals surface area (Å²) in [6, 6.07) is 0. The van der Waals surface area contributed by atoms with Crippen molar-refractivity contribution in [3.63, 3.8) is 0 Å². The number of hydrogen-bond acceptors (Lipinski definition) is 7. The molecule has 54 heavy (non-hydrogen) atoms. The minimum Gasteiger partial charge on any atom is -0.462 e. The highest BCUT2D eigenvalue weighted by Gasteiger charge is 2.27. The van der Waals surface area contributed by atoms with Gasteiger partial charge in [0.05, 0.1) is 27.7 Å². The minimum atomic E-state index is -4.38. The van der Waals surface area contributed by atoms with E-state index in [2.05, 4.69) is 74.6 Å². The molecule has 0 aromatic rings. The standard InChI is InChI=1S/C44H78NO8P/c1-6-8-10-12-14-16-18-20-21-22-23-25-26-28-30-32-34-36-43(46)50-40-42(41-52-54(48,49)51-39-38-45(3,4)5)53-44(47)37-35-33-31-29-27-24-19-17-15-13-11-9-7-2/h9,11,14-17,20-21,24,27,42H,6-8,10,12-13,18-19,22-23,25-26,28-41H2,1-5H3/p+1/b11-9-,16-14-,17-15-,21-20-,27-24-. The first-order valence-corrected chi connectivity index (χ1v) is 22.5. The lowest BCUT2D eigenvalue weighted by atomic mass is 10.1. The number of ether oxygens (including phenoxy) is 2. The Balaban J connectivity index is 4.43. The predicted molar refractivity (Wildman–Crippen MR) is 224 cm³/mol. The smallest absolute Gasteiger partial charge is 0.462 e. The Morgan fingerprint density at radius 1 is 0.593 bits per heavy atom. The number of allylic oxidation sites excluding steroid dienone is 10. The largest absolute Gasteiger partial charge is 0.472 e. The molecule has 2 unspecified atom stereocenters. The van der Waals surface area contributed by atoms with E-state index in [9.17, 15) is 19.0 Å². The fourth-order valence-corrected chi connectivity index (χ4v) is 5.97. The van der Waals surface area contributed by atoms with Gasteiger partial charge in [-0.15, -0.1) is 0 Å². The maximum atomic E-state index is 12.6. The van der Waals surface area contributed by atoms with E-state index >= 15 is 0 Å². The van der Waals surface area contributed by atoms with Crippen LogP contribution in [0.2, 0.25) is 0 Å². The van der Waals surface area contributed by atoms with Crippen LogP contribution in [0, 0.1) is 0 Å². The number of rotatable bonds is 37. The third kappa shape index (κ3) is 39.4. The number of carbonyl (C=O) groups excluding carboxylic acids is 2. The van der Waals surface area contributed by atoms with Crippen LogP contribution in [0.3, 0.4) is 0 Å². The fraction of sp³-hybridized carbons (Fsp3) is 0.727. The van der Waals surface area contributed by atoms with Gasteiger partial charge in [0.15, 0.2) is 6.10 Å². The second-order valence-corrected chi connectivity index (χ2v) is 16.4. The number of quaternary nitrogens is 1. The van der Waals surface area contributed by atoms with Crippen molar-refractivity contribution in [2.75, 3.05) is 47.5 Å². The number of carbonyl (C=O) groups is 2. The first-order chi connectivity index (χ1) is 26.0. The van der Waals surface area contributed by atoms with Crippen LogP contribution in [0.15, 0.2) is 60.8 Å². The van der Waals surface area contributed by atoms with Crippen molar-refractivity contribution in [1.82, 2.24) is 0 Å². The summed E-state index contributed by atoms with van der Waals surface area (Å²) in [6.45, 7) is 4.22. The van der Waals surface area contributed by atoms with E-state index in [4.69, 9.17) is 18.5 Å². The molecule has 0 aliphatic rings. The van der Waals surface area contributed by atoms with E-state index in [1.54, 1.807) is 0 Å². The SMILES string of the molecule is CC/C=C\C/C=C\C/C=C\CCCCCC(=O)OC(COC(=O)CCCCCCCCC/C=C\C/C=C\CCCCC)COP(=O)(O)OCC[N+](C)(C)C. The van der Waals surface area contributed by atoms with Gasteiger partial charge in [0.1, 0.15) is 19.8 Å². The second-order valence-electron chi connectivity index (χ2n) is 15.0. The first-order valence-electron chi connectivity index (χ1n) is 21.0. The number of phosphoric ester groups is 1. The Bertz CT molecular complexity index is 1110. The number of unbranched alkanes of at least 4 members (excludes halogenated alkanes) is 13. The summed E-state index contributed by atoms with van der Waals surface area (Å²) < 4.78 is 34.2. The quantitative estimate of drug-likeness (QED) is 0.0218. The van der Waals surface area contributed by atoms with E-state index < -0.39 is 26.5 Å². The van der Waals surface area contributed by atoms with Gasteiger partial charge in [0.2, 0.25) is 0 Å². The Kier molecular flexibility index (Phi) is 34.8. The summed E-state index contributed by atoms with van der Waals surface area (Å²) in [5.74, 6) is -0.848. The molecule has 0 aliphatic carbocycles. The molecule has 1 N–H and O–H groups in total. The van der Waals surface area contributed by atoms with Crippen LogP contribution in [0.5, 0.6) is 0 Å². The van der Waals surface area contributed by atoms with Crippen LogP contribution in [0.1, 0.15) is 155 Å². The van der Waals surface area contributed by atoms with Crippen LogP contribution in [0.4, 0.5) is 0 Å². The molecule has 9 nitrogen and oxygen atoms in total. The van der Waals surface area contributed by atoms with Crippen LogP contribution < -0.4 is 0 Å². The maximum Gasteiger partial charge on any atom is 0.472 e. The molecule has 2 atom stereocenters. The molecule has 0 heterocycles. The molecular weight excluding hydrogens is 701 g/mol. The van der Waals surface area contributed by atoms with Crippen molar-refractivity contribution in [3.8, 4) is 0 Å². The minimum absolute atomic E-state index is 0.0218. The molecule has 10 heteroatoms. The maximum absolute atomic E-state index is 12.6. The highest BCUT2D eigenvalue weighted by Crippen LogP contribution is 2.43. The van der Waals surface area contributed by atoms with E-state index in [-0.39, 0.29) is 32.0 Å². The molecule has 0 amide bonds. The first kappa shape index (κ1) is 51.7. The zero-order valence-electron chi connectivity index (χ0n) is 34.9. The number of esters is 2. The van der Waals surface area contributed by atoms with Crippen LogP contribution >= 0.6 is 7.82 Å². The Labute approximate surface area is 330 Å². The Hall–Kier alpha value is -2.29. The monoisotopic (exact) mass is 781 g/mol. The third-order valence-electron chi connectivity index (χ3n) is 8.53. The molecule has 0 aromatic carbocycles. The van der Waals surface area contributed by atoms with Gasteiger partial charge in [-0.3, -0.25) is 18.6 Å². The number of phosphoric acid groups is 1. The molecule has 0 saturated heterocycles. The Morgan fingerprint density at radius 3 is 1.59 bits per heavy atom. The van der Waals surface area contributed by atoms with Crippen molar-refractivity contribution in [2.24, 2.45) is 0 Å². The van der Waals surface area contributed by atoms with Gasteiger partial charge in [0, 0.05) is 12.8 Å². The molecule has 0 spiro atoms. The van der Waals surface area contributed by atoms with Gasteiger partial charge in [-0.1, -0.05) is 126 Å². The second kappa shape index (κ2) is 36.4. The summed E-state index contributed by atoms with van der Waals surface area (Å²) in [5, 5.41) is 0. The highest BCUT2D eigenvalue weighted by atomic mass is 31.2. The molecular formula is C44H79NO8P+. The molecule has 0 rings (SSSR count). The van der Waals surface area contributed by atoms with Gasteiger partial charge in [-0.25, -0.2) is 4.57 Å². The summed E-state index contributed by atoms with van der Waals surface area (Å²) in [4.78, 5) is 35.3. The summed E-state index contributed by atoms with van der Waals surface area (Å²) in [7, 11) is 1.44. The van der Waals surface area contributed by atoms with Gasteiger partial charge in [-0.2, -0.15) is 0 Å². The van der Waals surface area contributed by atoms with Crippen molar-refractivity contribution < 1.29 is 42.1 Å². The van der Waals surface area contributed by atoms with Gasteiger partial charge < -0.3 is 18.9 Å². The van der Waals surface area contributed by atoms with E-state index in [1.807, 2.05) is 21.1 Å². The van der Waals surface area contributed by atoms with Crippen LogP contribution in [0.25, 0.3) is 0 Å². The van der Waals surface area contributed by atoms with Crippen molar-refractivity contribution in [3.05, 3.63) is 60.8 Å². The predicted octanol–water partition coefficient (Wildman–Crippen LogP) is 11.7. The highest BCUT2D eigenvalue weighted by molar-refractivity contribution is 7.47. The topological polar surface area (TPSA) is 108 Å². The zero-order chi connectivity index (χ0) is 40.0. The normalized spacial score (nSPS) is 14.3. The van der Waals surface area contributed by atoms with Crippen molar-refractivity contribution >= 4 is 19.8 Å². The lowest BCUT2D eigenvalue weighted by Gasteiger charge is -2.24. The third-order valence-corrected chi connectivity index (χ3v) is 9.52. The summed E-state index contributed by atoms with van der Waals surface area (Å²) >= 11 is 0. The number of likely N-dealkylation sites (N-methyl/N-ethyl adjacent to an activating group) is 1. The molecule has 0 radical (unpaired) electrons. The number of nitrogens with zero attached hydrogens (tertiary/aromatic N) is 1. The van der Waals surface area contributed by atoms with E-state index in [0.717, 1.165) is 77.0 Å². The zero-order valence-corrected chi connectivity index (χ0v) is 35.8. The molecule has 0 aliphatic heterocycles. The van der Waals surface area contributed by atoms with Gasteiger partial charge in [0.25, 0.3) is 0 Å². The molecule has 312 valence electrons. The summed E-state index contributed by atoms with van der Waals surface area (Å²) in [5.41, 5.74) is 0. The molecule has 0 aromatic heterocycles. The van der Waals surface area contributed by atoms with Crippen LogP contribution in [-0.4, -0.2) is 74.9 Å². The van der Waals surface area contributed by atoms with Crippen LogP contribution in [-0.2, 0) is 32.7 Å². The molecule has 0 saturated carbocycles. The fourth-order valence-electron chi connectivity index (χ4n) is 5.23. The van der Waals surface area contributed by atoms with E-state index in [1.165, 1.54) is 44.9 Å². The van der Waals surface area contributed by atoms with Crippen molar-refractivity contribution in [1.29, 1.82) is 0 Å². The van der Waals surface area contributed by atoms with Crippen molar-refractivity contribution in [2.45, 2.75) is 161 Å². The molecule has 0 bridgehead atoms. The van der Waals surface area contributed by atoms with Gasteiger partial charge in [-0.05, 0) is 77.0 Å². The lowest BCUT2D eigenvalue weighted by molar-refractivity contribution is -0.870. The lowest BCUT2D eigenvalue weighted by Crippen LogP contribution is -2.37. The molecule has 0 fully saturated rings.